The molecular weight excluding hydrogens is 587 g/mol. The van der Waals surface area contributed by atoms with Crippen molar-refractivity contribution in [3.8, 4) is 6.19 Å². The van der Waals surface area contributed by atoms with E-state index >= 15 is 0 Å². The van der Waals surface area contributed by atoms with E-state index in [-0.39, 0.29) is 11.7 Å². The second-order valence-corrected chi connectivity index (χ2v) is 11.4. The molecule has 5 heterocycles. The second kappa shape index (κ2) is 13.1. The number of amides is 1. The van der Waals surface area contributed by atoms with E-state index < -0.39 is 23.5 Å². The Kier molecular flexibility index (Phi) is 8.77. The molecule has 0 atom stereocenters. The van der Waals surface area contributed by atoms with Crippen LogP contribution in [0.4, 0.5) is 30.7 Å². The van der Waals surface area contributed by atoms with E-state index in [1.165, 1.54) is 11.8 Å². The molecule has 0 spiro atoms. The number of hydrogen-bond acceptors (Lipinski definition) is 8. The standard InChI is InChI=1S/C31H34F3N9O2/c32-31(33,34)27-26(45-30(39-27)43-14-10-23(11-15-43)22-6-2-1-3-7-22)28(44)38-24-8-9-25(36-20-24)40-16-18-42(19-17-40)29(37-21-35)41-12-4-5-13-41/h1-3,6-9,20,23H,4-5,10-19H2,(H,38,44)/b37-29-. The quantitative estimate of drug-likeness (QED) is 0.244. The van der Waals surface area contributed by atoms with Crippen LogP contribution in [-0.2, 0) is 6.18 Å². The van der Waals surface area contributed by atoms with Gasteiger partial charge in [0.15, 0.2) is 5.69 Å². The van der Waals surface area contributed by atoms with Crippen LogP contribution in [0.1, 0.15) is 53.4 Å². The number of aromatic nitrogens is 2. The van der Waals surface area contributed by atoms with E-state index in [1.54, 1.807) is 17.0 Å². The van der Waals surface area contributed by atoms with Crippen LogP contribution in [0.25, 0.3) is 0 Å². The fourth-order valence-corrected chi connectivity index (χ4v) is 6.19. The number of nitriles is 1. The average Bonchev–Trinajstić information content (AvgIpc) is 3.76. The number of piperazine rings is 1. The van der Waals surface area contributed by atoms with Crippen LogP contribution >= 0.6 is 0 Å². The van der Waals surface area contributed by atoms with Crippen molar-refractivity contribution >= 4 is 29.4 Å². The van der Waals surface area contributed by atoms with Gasteiger partial charge in [-0.2, -0.15) is 23.4 Å². The first kappa shape index (κ1) is 30.2. The minimum Gasteiger partial charge on any atom is -0.417 e. The van der Waals surface area contributed by atoms with Gasteiger partial charge in [-0.25, -0.2) is 4.98 Å². The number of guanidine groups is 1. The van der Waals surface area contributed by atoms with Crippen LogP contribution in [0.2, 0.25) is 0 Å². The number of nitrogens with zero attached hydrogens (tertiary/aromatic N) is 8. The van der Waals surface area contributed by atoms with Crippen LogP contribution in [0.15, 0.2) is 58.1 Å². The maximum absolute atomic E-state index is 13.9. The van der Waals surface area contributed by atoms with Crippen molar-refractivity contribution in [3.63, 3.8) is 0 Å². The number of aliphatic imine (C=N–C) groups is 1. The molecule has 0 unspecified atom stereocenters. The monoisotopic (exact) mass is 621 g/mol. The highest BCUT2D eigenvalue weighted by molar-refractivity contribution is 6.03. The number of piperidine rings is 1. The SMILES string of the molecule is N#C/N=C(/N1CCCC1)N1CCN(c2ccc(NC(=O)c3oc(N4CCC(c5ccccc5)CC4)nc3C(F)(F)F)cn2)CC1. The highest BCUT2D eigenvalue weighted by Crippen LogP contribution is 2.36. The third kappa shape index (κ3) is 6.82. The smallest absolute Gasteiger partial charge is 0.417 e. The van der Waals surface area contributed by atoms with Crippen molar-refractivity contribution in [2.24, 2.45) is 4.99 Å². The lowest BCUT2D eigenvalue weighted by Gasteiger charge is -2.39. The molecule has 0 saturated carbocycles. The Morgan fingerprint density at radius 1 is 0.933 bits per heavy atom. The van der Waals surface area contributed by atoms with Gasteiger partial charge in [-0.3, -0.25) is 4.79 Å². The van der Waals surface area contributed by atoms with Crippen molar-refractivity contribution in [2.45, 2.75) is 37.8 Å². The minimum absolute atomic E-state index is 0.209. The molecule has 3 aliphatic heterocycles. The van der Waals surface area contributed by atoms with Crippen molar-refractivity contribution in [1.82, 2.24) is 19.8 Å². The molecule has 1 amide bonds. The lowest BCUT2D eigenvalue weighted by Crippen LogP contribution is -2.53. The summed E-state index contributed by atoms with van der Waals surface area (Å²) in [4.78, 5) is 33.2. The van der Waals surface area contributed by atoms with Crippen LogP contribution in [0, 0.1) is 11.5 Å². The Balaban J connectivity index is 1.08. The summed E-state index contributed by atoms with van der Waals surface area (Å²) in [5, 5.41) is 11.7. The number of pyridine rings is 1. The van der Waals surface area contributed by atoms with Crippen LogP contribution < -0.4 is 15.1 Å². The predicted octanol–water partition coefficient (Wildman–Crippen LogP) is 4.78. The van der Waals surface area contributed by atoms with Gasteiger partial charge in [0.1, 0.15) is 5.82 Å². The number of alkyl halides is 3. The third-order valence-corrected chi connectivity index (χ3v) is 8.56. The number of carbonyl (C=O) groups excluding carboxylic acids is 1. The summed E-state index contributed by atoms with van der Waals surface area (Å²) in [5.74, 6) is -0.243. The normalized spacial score (nSPS) is 18.3. The number of carbonyl (C=O) groups is 1. The fourth-order valence-electron chi connectivity index (χ4n) is 6.19. The number of halogens is 3. The summed E-state index contributed by atoms with van der Waals surface area (Å²) < 4.78 is 47.2. The summed E-state index contributed by atoms with van der Waals surface area (Å²) in [6, 6.07) is 13.1. The zero-order valence-electron chi connectivity index (χ0n) is 24.7. The van der Waals surface area contributed by atoms with Crippen LogP contribution in [-0.4, -0.2) is 84.0 Å². The maximum Gasteiger partial charge on any atom is 0.437 e. The van der Waals surface area contributed by atoms with Gasteiger partial charge < -0.3 is 29.3 Å². The molecule has 1 aromatic carbocycles. The first-order valence-electron chi connectivity index (χ1n) is 15.2. The lowest BCUT2D eigenvalue weighted by molar-refractivity contribution is -0.141. The van der Waals surface area contributed by atoms with E-state index in [9.17, 15) is 23.2 Å². The van der Waals surface area contributed by atoms with Crippen LogP contribution in [0.5, 0.6) is 0 Å². The molecule has 11 nitrogen and oxygen atoms in total. The molecule has 45 heavy (non-hydrogen) atoms. The molecular formula is C31H34F3N9O2. The third-order valence-electron chi connectivity index (χ3n) is 8.56. The van der Waals surface area contributed by atoms with Gasteiger partial charge in [-0.1, -0.05) is 30.3 Å². The van der Waals surface area contributed by atoms with Gasteiger partial charge in [0.25, 0.3) is 11.9 Å². The van der Waals surface area contributed by atoms with Crippen molar-refractivity contribution < 1.29 is 22.4 Å². The van der Waals surface area contributed by atoms with Crippen molar-refractivity contribution in [1.29, 1.82) is 5.26 Å². The zero-order valence-corrected chi connectivity index (χ0v) is 24.7. The van der Waals surface area contributed by atoms with E-state index in [4.69, 9.17) is 4.42 Å². The summed E-state index contributed by atoms with van der Waals surface area (Å²) >= 11 is 0. The molecule has 2 aromatic heterocycles. The predicted molar refractivity (Wildman–Crippen MR) is 162 cm³/mol. The number of oxazole rings is 1. The van der Waals surface area contributed by atoms with E-state index in [2.05, 4.69) is 47.1 Å². The average molecular weight is 622 g/mol. The van der Waals surface area contributed by atoms with Crippen LogP contribution in [0.3, 0.4) is 0 Å². The number of hydrogen-bond donors (Lipinski definition) is 1. The first-order chi connectivity index (χ1) is 21.8. The number of nitrogens with one attached hydrogen (secondary N) is 1. The highest BCUT2D eigenvalue weighted by atomic mass is 19.4. The Bertz CT molecular complexity index is 1530. The molecule has 3 fully saturated rings. The Morgan fingerprint density at radius 2 is 1.62 bits per heavy atom. The van der Waals surface area contributed by atoms with Gasteiger partial charge >= 0.3 is 6.18 Å². The first-order valence-corrected chi connectivity index (χ1v) is 15.2. The van der Waals surface area contributed by atoms with Gasteiger partial charge in [-0.05, 0) is 49.3 Å². The minimum atomic E-state index is -4.87. The molecule has 0 radical (unpaired) electrons. The van der Waals surface area contributed by atoms with Crippen molar-refractivity contribution in [3.05, 3.63) is 65.7 Å². The molecule has 3 saturated heterocycles. The molecule has 0 bridgehead atoms. The molecule has 3 aliphatic rings. The van der Waals surface area contributed by atoms with E-state index in [0.29, 0.717) is 57.0 Å². The van der Waals surface area contributed by atoms with E-state index in [1.807, 2.05) is 24.4 Å². The summed E-state index contributed by atoms with van der Waals surface area (Å²) in [6.07, 6.45) is 2.10. The van der Waals surface area contributed by atoms with Gasteiger partial charge in [0, 0.05) is 52.4 Å². The van der Waals surface area contributed by atoms with Gasteiger partial charge in [0.2, 0.25) is 17.9 Å². The molecule has 236 valence electrons. The van der Waals surface area contributed by atoms with Gasteiger partial charge in [0.05, 0.1) is 11.9 Å². The highest BCUT2D eigenvalue weighted by Gasteiger charge is 2.42. The summed E-state index contributed by atoms with van der Waals surface area (Å²) in [6.45, 7) is 5.33. The largest absolute Gasteiger partial charge is 0.437 e. The fraction of sp³-hybridized carbons (Fsp3) is 0.452. The molecule has 3 aromatic rings. The summed E-state index contributed by atoms with van der Waals surface area (Å²) in [5.41, 5.74) is 0.0738. The number of likely N-dealkylation sites (tertiary alicyclic amines) is 1. The Morgan fingerprint density at radius 3 is 2.24 bits per heavy atom. The number of anilines is 3. The molecule has 14 heteroatoms. The second-order valence-electron chi connectivity index (χ2n) is 11.4. The Labute approximate surface area is 259 Å². The van der Waals surface area contributed by atoms with Gasteiger partial charge in [-0.15, -0.1) is 4.99 Å². The molecule has 0 aliphatic carbocycles. The summed E-state index contributed by atoms with van der Waals surface area (Å²) in [7, 11) is 0. The molecule has 1 N–H and O–H groups in total. The number of benzene rings is 1. The van der Waals surface area contributed by atoms with Crippen molar-refractivity contribution in [2.75, 3.05) is 67.5 Å². The van der Waals surface area contributed by atoms with E-state index in [0.717, 1.165) is 38.8 Å². The topological polar surface area (TPSA) is 117 Å². The zero-order chi connectivity index (χ0) is 31.4. The number of rotatable bonds is 5. The molecule has 6 rings (SSSR count). The lowest BCUT2D eigenvalue weighted by atomic mass is 9.90. The maximum atomic E-state index is 13.9. The Hall–Kier alpha value is -4.80.